The number of nitrogens with zero attached hydrogens (tertiary/aromatic N) is 6. The van der Waals surface area contributed by atoms with Crippen molar-refractivity contribution in [2.24, 2.45) is 17.4 Å². The first-order valence-corrected chi connectivity index (χ1v) is 8.76. The molecule has 0 saturated heterocycles. The SMILES string of the molecule is CO/N=C(/CON=C(c1ccccc1)c1nnnn1C)c1ccc(F)c(C(F)(F)F)c1. The average Bonchev–Trinajstić information content (AvgIpc) is 3.16. The van der Waals surface area contributed by atoms with Crippen molar-refractivity contribution in [3.63, 3.8) is 0 Å². The standard InChI is InChI=1S/C19H16F4N6O2/c1-29-18(24-27-28-29)17(12-6-4-3-5-7-12)26-31-11-16(25-30-2)13-8-9-15(20)14(10-13)19(21,22)23/h3-10H,11H2,1-2H3/b25-16-,26-17?. The van der Waals surface area contributed by atoms with Crippen LogP contribution in [0.4, 0.5) is 17.6 Å². The van der Waals surface area contributed by atoms with Crippen LogP contribution in [0.1, 0.15) is 22.5 Å². The van der Waals surface area contributed by atoms with Crippen LogP contribution in [-0.4, -0.2) is 45.3 Å². The van der Waals surface area contributed by atoms with Crippen LogP contribution in [0, 0.1) is 5.82 Å². The van der Waals surface area contributed by atoms with Gasteiger partial charge >= 0.3 is 6.18 Å². The average molecular weight is 436 g/mol. The zero-order chi connectivity index (χ0) is 22.4. The lowest BCUT2D eigenvalue weighted by Gasteiger charge is -2.11. The maximum absolute atomic E-state index is 13.6. The maximum Gasteiger partial charge on any atom is 0.419 e. The summed E-state index contributed by atoms with van der Waals surface area (Å²) < 4.78 is 54.1. The van der Waals surface area contributed by atoms with Crippen LogP contribution in [0.2, 0.25) is 0 Å². The summed E-state index contributed by atoms with van der Waals surface area (Å²) in [6, 6.07) is 11.4. The summed E-state index contributed by atoms with van der Waals surface area (Å²) in [5.74, 6) is -1.09. The minimum Gasteiger partial charge on any atom is -0.399 e. The van der Waals surface area contributed by atoms with Gasteiger partial charge in [0.2, 0.25) is 5.82 Å². The molecule has 1 aromatic heterocycles. The molecule has 0 amide bonds. The molecule has 12 heteroatoms. The quantitative estimate of drug-likeness (QED) is 0.323. The second-order valence-electron chi connectivity index (χ2n) is 6.12. The van der Waals surface area contributed by atoms with Gasteiger partial charge in [-0.25, -0.2) is 9.07 Å². The fraction of sp³-hybridized carbons (Fsp3) is 0.211. The van der Waals surface area contributed by atoms with Crippen molar-refractivity contribution in [2.75, 3.05) is 13.7 Å². The first kappa shape index (κ1) is 21.9. The lowest BCUT2D eigenvalue weighted by atomic mass is 10.1. The molecule has 0 unspecified atom stereocenters. The minimum absolute atomic E-state index is 0.0275. The molecule has 2 aromatic carbocycles. The lowest BCUT2D eigenvalue weighted by Crippen LogP contribution is -2.16. The predicted octanol–water partition coefficient (Wildman–Crippen LogP) is 3.19. The Kier molecular flexibility index (Phi) is 6.58. The van der Waals surface area contributed by atoms with Gasteiger partial charge in [-0.3, -0.25) is 0 Å². The Morgan fingerprint density at radius 2 is 1.81 bits per heavy atom. The van der Waals surface area contributed by atoms with Gasteiger partial charge in [-0.2, -0.15) is 13.2 Å². The highest BCUT2D eigenvalue weighted by molar-refractivity contribution is 6.10. The van der Waals surface area contributed by atoms with E-state index < -0.39 is 17.6 Å². The third-order valence-corrected chi connectivity index (χ3v) is 4.04. The molecular formula is C19H16F4N6O2. The highest BCUT2D eigenvalue weighted by atomic mass is 19.4. The normalized spacial score (nSPS) is 12.7. The summed E-state index contributed by atoms with van der Waals surface area (Å²) in [5.41, 5.74) is -0.549. The zero-order valence-corrected chi connectivity index (χ0v) is 16.3. The highest BCUT2D eigenvalue weighted by Crippen LogP contribution is 2.32. The second-order valence-corrected chi connectivity index (χ2v) is 6.12. The van der Waals surface area contributed by atoms with Gasteiger partial charge < -0.3 is 9.68 Å². The Morgan fingerprint density at radius 3 is 2.42 bits per heavy atom. The van der Waals surface area contributed by atoms with Crippen LogP contribution in [0.5, 0.6) is 0 Å². The van der Waals surface area contributed by atoms with Gasteiger partial charge in [-0.15, -0.1) is 5.10 Å². The second kappa shape index (κ2) is 9.32. The van der Waals surface area contributed by atoms with Crippen molar-refractivity contribution in [3.05, 3.63) is 76.9 Å². The number of aromatic nitrogens is 4. The number of oxime groups is 2. The Balaban J connectivity index is 1.90. The molecule has 0 spiro atoms. The van der Waals surface area contributed by atoms with Crippen LogP contribution in [0.25, 0.3) is 0 Å². The van der Waals surface area contributed by atoms with Crippen LogP contribution in [-0.2, 0) is 22.9 Å². The molecule has 3 aromatic rings. The monoisotopic (exact) mass is 436 g/mol. The van der Waals surface area contributed by atoms with E-state index in [0.29, 0.717) is 29.2 Å². The van der Waals surface area contributed by atoms with Gasteiger partial charge in [0, 0.05) is 18.2 Å². The molecule has 3 rings (SSSR count). The van der Waals surface area contributed by atoms with Gasteiger partial charge in [-0.1, -0.05) is 40.6 Å². The molecule has 31 heavy (non-hydrogen) atoms. The van der Waals surface area contributed by atoms with Crippen molar-refractivity contribution >= 4 is 11.4 Å². The molecule has 0 atom stereocenters. The van der Waals surface area contributed by atoms with E-state index in [2.05, 4.69) is 25.8 Å². The van der Waals surface area contributed by atoms with E-state index in [-0.39, 0.29) is 17.9 Å². The van der Waals surface area contributed by atoms with Crippen molar-refractivity contribution < 1.29 is 27.2 Å². The molecule has 0 aliphatic carbocycles. The molecule has 0 aliphatic heterocycles. The molecule has 162 valence electrons. The van der Waals surface area contributed by atoms with Crippen molar-refractivity contribution in [2.45, 2.75) is 6.18 Å². The van der Waals surface area contributed by atoms with Gasteiger partial charge in [0.15, 0.2) is 12.3 Å². The number of benzene rings is 2. The van der Waals surface area contributed by atoms with E-state index >= 15 is 0 Å². The fourth-order valence-corrected chi connectivity index (χ4v) is 2.60. The summed E-state index contributed by atoms with van der Waals surface area (Å²) >= 11 is 0. The third kappa shape index (κ3) is 5.21. The first-order chi connectivity index (χ1) is 14.8. The summed E-state index contributed by atoms with van der Waals surface area (Å²) in [7, 11) is 2.83. The topological polar surface area (TPSA) is 86.8 Å². The molecule has 0 aliphatic rings. The summed E-state index contributed by atoms with van der Waals surface area (Å²) in [5, 5.41) is 19.0. The molecule has 1 heterocycles. The number of hydrogen-bond donors (Lipinski definition) is 0. The zero-order valence-electron chi connectivity index (χ0n) is 16.3. The van der Waals surface area contributed by atoms with Crippen LogP contribution in [0.3, 0.4) is 0 Å². The van der Waals surface area contributed by atoms with Crippen LogP contribution < -0.4 is 0 Å². The number of rotatable bonds is 7. The number of aryl methyl sites for hydroxylation is 1. The van der Waals surface area contributed by atoms with E-state index in [4.69, 9.17) is 9.68 Å². The lowest BCUT2D eigenvalue weighted by molar-refractivity contribution is -0.140. The molecule has 0 fully saturated rings. The Hall–Kier alpha value is -3.83. The number of halogens is 4. The Bertz CT molecular complexity index is 1100. The van der Waals surface area contributed by atoms with Crippen LogP contribution in [0.15, 0.2) is 58.8 Å². The third-order valence-electron chi connectivity index (χ3n) is 4.04. The first-order valence-electron chi connectivity index (χ1n) is 8.76. The molecule has 0 radical (unpaired) electrons. The summed E-state index contributed by atoms with van der Waals surface area (Å²) in [6.45, 7) is -0.363. The van der Waals surface area contributed by atoms with Gasteiger partial charge in [0.05, 0.1) is 5.56 Å². The maximum atomic E-state index is 13.6. The minimum atomic E-state index is -4.87. The largest absolute Gasteiger partial charge is 0.419 e. The summed E-state index contributed by atoms with van der Waals surface area (Å²) in [6.07, 6.45) is -4.87. The van der Waals surface area contributed by atoms with Crippen molar-refractivity contribution in [3.8, 4) is 0 Å². The Labute approximate surface area is 173 Å². The van der Waals surface area contributed by atoms with E-state index in [1.54, 1.807) is 31.3 Å². The van der Waals surface area contributed by atoms with E-state index in [0.717, 1.165) is 6.07 Å². The van der Waals surface area contributed by atoms with Gasteiger partial charge in [-0.05, 0) is 28.6 Å². The fourth-order valence-electron chi connectivity index (χ4n) is 2.60. The van der Waals surface area contributed by atoms with Gasteiger partial charge in [0.25, 0.3) is 0 Å². The van der Waals surface area contributed by atoms with Gasteiger partial charge in [0.1, 0.15) is 18.6 Å². The van der Waals surface area contributed by atoms with Crippen molar-refractivity contribution in [1.82, 2.24) is 20.2 Å². The predicted molar refractivity (Wildman–Crippen MR) is 102 cm³/mol. The smallest absolute Gasteiger partial charge is 0.399 e. The molecular weight excluding hydrogens is 420 g/mol. The molecule has 0 N–H and O–H groups in total. The number of hydrogen-bond acceptors (Lipinski definition) is 7. The van der Waals surface area contributed by atoms with E-state index in [9.17, 15) is 17.6 Å². The molecule has 0 saturated carbocycles. The molecule has 0 bridgehead atoms. The van der Waals surface area contributed by atoms with E-state index in [1.807, 2.05) is 6.07 Å². The van der Waals surface area contributed by atoms with Crippen LogP contribution >= 0.6 is 0 Å². The highest BCUT2D eigenvalue weighted by Gasteiger charge is 2.34. The van der Waals surface area contributed by atoms with Crippen molar-refractivity contribution in [1.29, 1.82) is 0 Å². The summed E-state index contributed by atoms with van der Waals surface area (Å²) in [4.78, 5) is 10.0. The van der Waals surface area contributed by atoms with E-state index in [1.165, 1.54) is 11.8 Å². The number of tetrazole rings is 1. The molecule has 8 nitrogen and oxygen atoms in total. The Morgan fingerprint density at radius 1 is 1.06 bits per heavy atom. The number of alkyl halides is 3.